The van der Waals surface area contributed by atoms with Gasteiger partial charge in [-0.3, -0.25) is 4.79 Å². The molecule has 41 heavy (non-hydrogen) atoms. The van der Waals surface area contributed by atoms with Gasteiger partial charge in [-0.2, -0.15) is 0 Å². The molecule has 0 aromatic rings. The largest absolute Gasteiger partial charge is 0.457 e. The second-order valence-corrected chi connectivity index (χ2v) is 11.3. The normalized spacial score (nSPS) is 23.7. The highest BCUT2D eigenvalue weighted by molar-refractivity contribution is 5.69. The van der Waals surface area contributed by atoms with Gasteiger partial charge in [0.25, 0.3) is 0 Å². The molecule has 242 valence electrons. The predicted molar refractivity (Wildman–Crippen MR) is 159 cm³/mol. The Morgan fingerprint density at radius 1 is 0.756 bits per heavy atom. The lowest BCUT2D eigenvalue weighted by Crippen LogP contribution is -2.59. The predicted octanol–water partition coefficient (Wildman–Crippen LogP) is 4.96. The molecule has 6 atom stereocenters. The van der Waals surface area contributed by atoms with Crippen LogP contribution >= 0.6 is 0 Å². The molecule has 0 saturated carbocycles. The Kier molecular flexibility index (Phi) is 23.5. The summed E-state index contributed by atoms with van der Waals surface area (Å²) in [7, 11) is 0. The summed E-state index contributed by atoms with van der Waals surface area (Å²) < 4.78 is 22.5. The van der Waals surface area contributed by atoms with Crippen LogP contribution in [0, 0.1) is 0 Å². The van der Waals surface area contributed by atoms with Crippen molar-refractivity contribution in [1.29, 1.82) is 0 Å². The molecule has 0 radical (unpaired) electrons. The number of allylic oxidation sites excluding steroid dienone is 2. The number of unbranched alkanes of at least 4 members (excludes halogenated alkanes) is 13. The lowest BCUT2D eigenvalue weighted by molar-refractivity contribution is -0.305. The summed E-state index contributed by atoms with van der Waals surface area (Å²) in [6, 6.07) is 0. The van der Waals surface area contributed by atoms with Crippen LogP contribution < -0.4 is 0 Å². The molecule has 0 aromatic carbocycles. The maximum atomic E-state index is 12.5. The molecule has 0 aromatic heterocycles. The van der Waals surface area contributed by atoms with Crippen molar-refractivity contribution in [2.24, 2.45) is 0 Å². The molecule has 9 heteroatoms. The third kappa shape index (κ3) is 18.3. The average Bonchev–Trinajstić information content (AvgIpc) is 2.97. The van der Waals surface area contributed by atoms with Crippen LogP contribution in [0.1, 0.15) is 123 Å². The summed E-state index contributed by atoms with van der Waals surface area (Å²) in [6.07, 6.45) is 15.5. The minimum absolute atomic E-state index is 0.113. The van der Waals surface area contributed by atoms with Gasteiger partial charge in [-0.25, -0.2) is 0 Å². The van der Waals surface area contributed by atoms with Crippen molar-refractivity contribution in [3.63, 3.8) is 0 Å². The number of rotatable bonds is 26. The summed E-state index contributed by atoms with van der Waals surface area (Å²) in [5.41, 5.74) is 0. The number of hydrogen-bond donors (Lipinski definition) is 4. The molecular formula is C32H60O9. The number of carbonyl (C=O) groups is 1. The van der Waals surface area contributed by atoms with Gasteiger partial charge in [0, 0.05) is 13.0 Å². The van der Waals surface area contributed by atoms with Gasteiger partial charge in [0.1, 0.15) is 30.5 Å². The molecular weight excluding hydrogens is 528 g/mol. The van der Waals surface area contributed by atoms with Crippen LogP contribution in [0.15, 0.2) is 12.2 Å². The fourth-order valence-electron chi connectivity index (χ4n) is 4.76. The maximum Gasteiger partial charge on any atom is 0.306 e. The third-order valence-corrected chi connectivity index (χ3v) is 7.43. The third-order valence-electron chi connectivity index (χ3n) is 7.43. The molecule has 4 N–H and O–H groups in total. The van der Waals surface area contributed by atoms with E-state index in [1.54, 1.807) is 0 Å². The summed E-state index contributed by atoms with van der Waals surface area (Å²) >= 11 is 0. The topological polar surface area (TPSA) is 135 Å². The van der Waals surface area contributed by atoms with Crippen molar-refractivity contribution in [2.75, 3.05) is 26.4 Å². The van der Waals surface area contributed by atoms with E-state index in [0.717, 1.165) is 38.5 Å². The minimum atomic E-state index is -1.53. The van der Waals surface area contributed by atoms with Gasteiger partial charge >= 0.3 is 5.97 Å². The number of hydrogen-bond acceptors (Lipinski definition) is 9. The first-order valence-electron chi connectivity index (χ1n) is 16.3. The fourth-order valence-corrected chi connectivity index (χ4v) is 4.76. The van der Waals surface area contributed by atoms with Crippen molar-refractivity contribution in [3.05, 3.63) is 12.2 Å². The van der Waals surface area contributed by atoms with E-state index in [2.05, 4.69) is 26.0 Å². The van der Waals surface area contributed by atoms with Crippen molar-refractivity contribution in [2.45, 2.75) is 160 Å². The lowest BCUT2D eigenvalue weighted by atomic mass is 9.99. The highest BCUT2D eigenvalue weighted by atomic mass is 16.7. The molecule has 0 aliphatic carbocycles. The second kappa shape index (κ2) is 25.4. The second-order valence-electron chi connectivity index (χ2n) is 11.3. The minimum Gasteiger partial charge on any atom is -0.457 e. The number of aliphatic hydroxyl groups excluding tert-OH is 4. The number of aliphatic hydroxyl groups is 4. The van der Waals surface area contributed by atoms with Crippen molar-refractivity contribution < 1.29 is 44.2 Å². The number of esters is 1. The van der Waals surface area contributed by atoms with Gasteiger partial charge < -0.3 is 39.4 Å². The lowest BCUT2D eigenvalue weighted by Gasteiger charge is -2.39. The molecule has 1 saturated heterocycles. The Morgan fingerprint density at radius 2 is 1.37 bits per heavy atom. The number of carbonyl (C=O) groups excluding carboxylic acids is 1. The summed E-state index contributed by atoms with van der Waals surface area (Å²) in [4.78, 5) is 12.5. The van der Waals surface area contributed by atoms with Gasteiger partial charge in [-0.15, -0.1) is 0 Å². The van der Waals surface area contributed by atoms with E-state index in [1.165, 1.54) is 64.2 Å². The Hall–Kier alpha value is -1.07. The molecule has 1 rings (SSSR count). The van der Waals surface area contributed by atoms with Gasteiger partial charge in [0.05, 0.1) is 19.8 Å². The molecule has 0 bridgehead atoms. The van der Waals surface area contributed by atoms with Gasteiger partial charge in [0.15, 0.2) is 6.29 Å². The van der Waals surface area contributed by atoms with Crippen LogP contribution in [0.3, 0.4) is 0 Å². The Labute approximate surface area is 248 Å². The molecule has 1 aliphatic rings. The quantitative estimate of drug-likeness (QED) is 0.0628. The highest BCUT2D eigenvalue weighted by Gasteiger charge is 2.44. The van der Waals surface area contributed by atoms with Gasteiger partial charge in [-0.1, -0.05) is 96.6 Å². The van der Waals surface area contributed by atoms with Crippen molar-refractivity contribution in [1.82, 2.24) is 0 Å². The average molecular weight is 589 g/mol. The van der Waals surface area contributed by atoms with Crippen LogP contribution in [0.4, 0.5) is 0 Å². The molecule has 1 aliphatic heterocycles. The van der Waals surface area contributed by atoms with E-state index in [9.17, 15) is 25.2 Å². The molecule has 1 fully saturated rings. The first-order chi connectivity index (χ1) is 19.9. The van der Waals surface area contributed by atoms with E-state index in [4.69, 9.17) is 18.9 Å². The highest BCUT2D eigenvalue weighted by Crippen LogP contribution is 2.22. The first-order valence-corrected chi connectivity index (χ1v) is 16.3. The van der Waals surface area contributed by atoms with Crippen LogP contribution in [0.2, 0.25) is 0 Å². The monoisotopic (exact) mass is 588 g/mol. The zero-order valence-electron chi connectivity index (χ0n) is 25.8. The van der Waals surface area contributed by atoms with Crippen LogP contribution in [0.5, 0.6) is 0 Å². The Bertz CT molecular complexity index is 643. The molecule has 9 nitrogen and oxygen atoms in total. The van der Waals surface area contributed by atoms with Gasteiger partial charge in [0.2, 0.25) is 0 Å². The Balaban J connectivity index is 2.37. The zero-order chi connectivity index (χ0) is 30.1. The molecule has 6 unspecified atom stereocenters. The summed E-state index contributed by atoms with van der Waals surface area (Å²) in [5, 5.41) is 39.6. The summed E-state index contributed by atoms with van der Waals surface area (Å²) in [5.74, 6) is -0.327. The van der Waals surface area contributed by atoms with E-state index >= 15 is 0 Å². The standard InChI is InChI=1S/C32H60O9/c1-3-5-7-9-11-12-13-14-15-16-18-20-22-38-24-26(40-28(34)21-19-17-10-8-6-4-2)25-39-32-31(37)30(36)29(35)27(23-33)41-32/h9,11,26-27,29-33,35-37H,3-8,10,12-25H2,1-2H3/b11-9-. The maximum absolute atomic E-state index is 12.5. The van der Waals surface area contributed by atoms with E-state index in [1.807, 2.05) is 0 Å². The van der Waals surface area contributed by atoms with Crippen molar-refractivity contribution in [3.8, 4) is 0 Å². The number of ether oxygens (including phenoxy) is 4. The van der Waals surface area contributed by atoms with Crippen LogP contribution in [-0.2, 0) is 23.7 Å². The van der Waals surface area contributed by atoms with Crippen LogP contribution in [-0.4, -0.2) is 89.6 Å². The van der Waals surface area contributed by atoms with Gasteiger partial charge in [-0.05, 0) is 32.1 Å². The van der Waals surface area contributed by atoms with E-state index in [0.29, 0.717) is 13.0 Å². The summed E-state index contributed by atoms with van der Waals surface area (Å²) in [6.45, 7) is 4.42. The van der Waals surface area contributed by atoms with E-state index in [-0.39, 0.29) is 19.2 Å². The molecule has 0 amide bonds. The zero-order valence-corrected chi connectivity index (χ0v) is 25.8. The molecule has 0 spiro atoms. The molecule has 1 heterocycles. The first kappa shape index (κ1) is 38.0. The Morgan fingerprint density at radius 3 is 2.05 bits per heavy atom. The van der Waals surface area contributed by atoms with Crippen molar-refractivity contribution >= 4 is 5.97 Å². The van der Waals surface area contributed by atoms with E-state index < -0.39 is 43.4 Å². The fraction of sp³-hybridized carbons (Fsp3) is 0.906. The van der Waals surface area contributed by atoms with Crippen LogP contribution in [0.25, 0.3) is 0 Å². The smallest absolute Gasteiger partial charge is 0.306 e. The SMILES string of the molecule is CCCC/C=C\CCCCCCCCOCC(COC1OC(CO)C(O)C(O)C1O)OC(=O)CCCCCCCC.